The molecule has 0 bridgehead atoms. The van der Waals surface area contributed by atoms with Gasteiger partial charge in [-0.25, -0.2) is 0 Å². The Morgan fingerprint density at radius 2 is 1.95 bits per heavy atom. The fourth-order valence-electron chi connectivity index (χ4n) is 1.79. The van der Waals surface area contributed by atoms with Crippen LogP contribution in [0, 0.1) is 0 Å². The van der Waals surface area contributed by atoms with Gasteiger partial charge in [-0.05, 0) is 37.6 Å². The Hall–Kier alpha value is -1.55. The van der Waals surface area contributed by atoms with Gasteiger partial charge in [0.1, 0.15) is 5.75 Å². The highest BCUT2D eigenvalue weighted by atomic mass is 16.5. The maximum atomic E-state index is 11.4. The lowest BCUT2D eigenvalue weighted by atomic mass is 10.1. The number of hydrogen-bond donors (Lipinski definition) is 1. The van der Waals surface area contributed by atoms with Gasteiger partial charge in [0.05, 0.1) is 7.11 Å². The highest BCUT2D eigenvalue weighted by Gasteiger charge is 2.06. The number of carbonyl (C=O) groups excluding carboxylic acids is 1. The van der Waals surface area contributed by atoms with Crippen LogP contribution in [0.1, 0.15) is 31.4 Å². The van der Waals surface area contributed by atoms with E-state index in [0.717, 1.165) is 18.7 Å². The predicted octanol–water partition coefficient (Wildman–Crippen LogP) is 2.21. The minimum atomic E-state index is 0.180. The molecule has 0 aliphatic carbocycles. The average Bonchev–Trinajstić information content (AvgIpc) is 2.43. The summed E-state index contributed by atoms with van der Waals surface area (Å²) in [6.07, 6.45) is 1.45. The summed E-state index contributed by atoms with van der Waals surface area (Å²) in [6, 6.07) is 8.31. The Bertz CT molecular complexity index is 388. The normalized spacial score (nSPS) is 12.0. The molecule has 0 saturated heterocycles. The zero-order chi connectivity index (χ0) is 14.3. The lowest BCUT2D eigenvalue weighted by Crippen LogP contribution is -2.24. The van der Waals surface area contributed by atoms with Gasteiger partial charge in [-0.3, -0.25) is 4.79 Å². The summed E-state index contributed by atoms with van der Waals surface area (Å²) in [5.41, 5.74) is 1.22. The lowest BCUT2D eigenvalue weighted by Gasteiger charge is -2.15. The number of nitrogens with one attached hydrogen (secondary N) is 1. The zero-order valence-corrected chi connectivity index (χ0v) is 12.3. The summed E-state index contributed by atoms with van der Waals surface area (Å²) in [4.78, 5) is 13.0. The maximum Gasteiger partial charge on any atom is 0.222 e. The van der Waals surface area contributed by atoms with Crippen LogP contribution in [0.2, 0.25) is 0 Å². The Kier molecular flexibility index (Phi) is 6.36. The summed E-state index contributed by atoms with van der Waals surface area (Å²) < 4.78 is 5.13. The molecule has 0 aliphatic heterocycles. The molecular weight excluding hydrogens is 240 g/mol. The molecule has 19 heavy (non-hydrogen) atoms. The Morgan fingerprint density at radius 1 is 1.32 bits per heavy atom. The fraction of sp³-hybridized carbons (Fsp3) is 0.533. The van der Waals surface area contributed by atoms with E-state index in [4.69, 9.17) is 4.74 Å². The van der Waals surface area contributed by atoms with E-state index in [0.29, 0.717) is 6.42 Å². The lowest BCUT2D eigenvalue weighted by molar-refractivity contribution is -0.128. The summed E-state index contributed by atoms with van der Waals surface area (Å²) in [5.74, 6) is 1.05. The van der Waals surface area contributed by atoms with E-state index in [-0.39, 0.29) is 11.9 Å². The molecule has 0 saturated carbocycles. The Balaban J connectivity index is 2.30. The molecule has 1 unspecified atom stereocenters. The van der Waals surface area contributed by atoms with Crippen molar-refractivity contribution >= 4 is 5.91 Å². The molecule has 1 amide bonds. The molecule has 1 rings (SSSR count). The first-order valence-electron chi connectivity index (χ1n) is 6.62. The van der Waals surface area contributed by atoms with Crippen molar-refractivity contribution in [1.29, 1.82) is 0 Å². The van der Waals surface area contributed by atoms with Gasteiger partial charge in [0.2, 0.25) is 5.91 Å². The molecule has 0 fully saturated rings. The Labute approximate surface area is 115 Å². The highest BCUT2D eigenvalue weighted by molar-refractivity contribution is 5.75. The second-order valence-electron chi connectivity index (χ2n) is 4.84. The summed E-state index contributed by atoms with van der Waals surface area (Å²) in [5, 5.41) is 3.42. The van der Waals surface area contributed by atoms with E-state index in [1.165, 1.54) is 5.56 Å². The number of benzene rings is 1. The fourth-order valence-corrected chi connectivity index (χ4v) is 1.79. The summed E-state index contributed by atoms with van der Waals surface area (Å²) in [6.45, 7) is 2.96. The van der Waals surface area contributed by atoms with Gasteiger partial charge >= 0.3 is 0 Å². The number of ether oxygens (including phenoxy) is 1. The van der Waals surface area contributed by atoms with Gasteiger partial charge < -0.3 is 15.0 Å². The Morgan fingerprint density at radius 3 is 2.47 bits per heavy atom. The van der Waals surface area contributed by atoms with Crippen LogP contribution in [0.5, 0.6) is 5.75 Å². The molecule has 0 aromatic heterocycles. The van der Waals surface area contributed by atoms with Crippen molar-refractivity contribution in [3.05, 3.63) is 29.8 Å². The van der Waals surface area contributed by atoms with Crippen molar-refractivity contribution in [2.24, 2.45) is 0 Å². The topological polar surface area (TPSA) is 41.6 Å². The first-order chi connectivity index (χ1) is 9.04. The van der Waals surface area contributed by atoms with E-state index in [1.54, 1.807) is 26.1 Å². The molecule has 4 heteroatoms. The van der Waals surface area contributed by atoms with Gasteiger partial charge in [-0.2, -0.15) is 0 Å². The molecular formula is C15H24N2O2. The number of methoxy groups -OCH3 is 1. The molecule has 4 nitrogen and oxygen atoms in total. The van der Waals surface area contributed by atoms with Crippen LogP contribution < -0.4 is 10.1 Å². The minimum Gasteiger partial charge on any atom is -0.497 e. The van der Waals surface area contributed by atoms with Gasteiger partial charge in [-0.15, -0.1) is 0 Å². The first-order valence-corrected chi connectivity index (χ1v) is 6.62. The average molecular weight is 264 g/mol. The standard InChI is InChI=1S/C15H24N2O2/c1-12(13-7-9-14(19-4)10-8-13)16-11-5-6-15(18)17(2)3/h7-10,12,16H,5-6,11H2,1-4H3. The smallest absolute Gasteiger partial charge is 0.222 e. The number of carbonyl (C=O) groups is 1. The van der Waals surface area contributed by atoms with Gasteiger partial charge in [0.25, 0.3) is 0 Å². The SMILES string of the molecule is COc1ccc(C(C)NCCCC(=O)N(C)C)cc1. The molecule has 0 aliphatic rings. The van der Waals surface area contributed by atoms with Crippen molar-refractivity contribution < 1.29 is 9.53 Å². The quantitative estimate of drug-likeness (QED) is 0.768. The molecule has 1 aromatic rings. The van der Waals surface area contributed by atoms with Crippen molar-refractivity contribution in [2.45, 2.75) is 25.8 Å². The van der Waals surface area contributed by atoms with E-state index in [2.05, 4.69) is 24.4 Å². The zero-order valence-electron chi connectivity index (χ0n) is 12.3. The second-order valence-corrected chi connectivity index (χ2v) is 4.84. The molecule has 1 N–H and O–H groups in total. The maximum absolute atomic E-state index is 11.4. The molecule has 0 spiro atoms. The summed E-state index contributed by atoms with van der Waals surface area (Å²) >= 11 is 0. The van der Waals surface area contributed by atoms with Crippen molar-refractivity contribution in [1.82, 2.24) is 10.2 Å². The number of hydrogen-bond acceptors (Lipinski definition) is 3. The third-order valence-electron chi connectivity index (χ3n) is 3.13. The highest BCUT2D eigenvalue weighted by Crippen LogP contribution is 2.17. The van der Waals surface area contributed by atoms with Crippen LogP contribution in [0.25, 0.3) is 0 Å². The van der Waals surface area contributed by atoms with Gasteiger partial charge in [0, 0.05) is 26.6 Å². The number of rotatable bonds is 7. The van der Waals surface area contributed by atoms with Crippen LogP contribution in [0.4, 0.5) is 0 Å². The van der Waals surface area contributed by atoms with E-state index < -0.39 is 0 Å². The molecule has 1 atom stereocenters. The van der Waals surface area contributed by atoms with Crippen LogP contribution >= 0.6 is 0 Å². The van der Waals surface area contributed by atoms with Gasteiger partial charge in [-0.1, -0.05) is 12.1 Å². The largest absolute Gasteiger partial charge is 0.497 e. The third kappa shape index (κ3) is 5.30. The molecule has 1 aromatic carbocycles. The van der Waals surface area contributed by atoms with Gasteiger partial charge in [0.15, 0.2) is 0 Å². The van der Waals surface area contributed by atoms with E-state index >= 15 is 0 Å². The van der Waals surface area contributed by atoms with Crippen LogP contribution in [0.15, 0.2) is 24.3 Å². The van der Waals surface area contributed by atoms with E-state index in [9.17, 15) is 4.79 Å². The number of nitrogens with zero attached hydrogens (tertiary/aromatic N) is 1. The number of amides is 1. The molecule has 0 radical (unpaired) electrons. The van der Waals surface area contributed by atoms with Crippen LogP contribution in [-0.4, -0.2) is 38.6 Å². The van der Waals surface area contributed by atoms with Crippen molar-refractivity contribution in [2.75, 3.05) is 27.7 Å². The van der Waals surface area contributed by atoms with E-state index in [1.807, 2.05) is 12.1 Å². The summed E-state index contributed by atoms with van der Waals surface area (Å²) in [7, 11) is 5.24. The first kappa shape index (κ1) is 15.5. The van der Waals surface area contributed by atoms with Crippen LogP contribution in [0.3, 0.4) is 0 Å². The van der Waals surface area contributed by atoms with Crippen molar-refractivity contribution in [3.8, 4) is 5.75 Å². The second kappa shape index (κ2) is 7.79. The minimum absolute atomic E-state index is 0.180. The van der Waals surface area contributed by atoms with Crippen LogP contribution in [-0.2, 0) is 4.79 Å². The monoisotopic (exact) mass is 264 g/mol. The molecule has 106 valence electrons. The van der Waals surface area contributed by atoms with Crippen molar-refractivity contribution in [3.63, 3.8) is 0 Å². The third-order valence-corrected chi connectivity index (χ3v) is 3.13. The molecule has 0 heterocycles. The predicted molar refractivity (Wildman–Crippen MR) is 77.3 cm³/mol.